The van der Waals surface area contributed by atoms with Crippen LogP contribution in [0, 0.1) is 5.92 Å². The molecule has 0 bridgehead atoms. The zero-order valence-electron chi connectivity index (χ0n) is 13.4. The molecule has 23 heavy (non-hydrogen) atoms. The van der Waals surface area contributed by atoms with Crippen LogP contribution in [0.1, 0.15) is 18.4 Å². The predicted octanol–water partition coefficient (Wildman–Crippen LogP) is 1.94. The van der Waals surface area contributed by atoms with Crippen molar-refractivity contribution in [3.8, 4) is 0 Å². The molecule has 1 saturated carbocycles. The van der Waals surface area contributed by atoms with Gasteiger partial charge in [-0.15, -0.1) is 12.4 Å². The van der Waals surface area contributed by atoms with Crippen molar-refractivity contribution in [2.45, 2.75) is 18.6 Å². The second kappa shape index (κ2) is 10.8. The Bertz CT molecular complexity index is 524. The molecule has 1 fully saturated rings. The Hall–Kier alpha value is -0.950. The summed E-state index contributed by atoms with van der Waals surface area (Å²) in [6, 6.07) is 7.52. The molecule has 1 amide bonds. The lowest BCUT2D eigenvalue weighted by molar-refractivity contribution is -0.115. The summed E-state index contributed by atoms with van der Waals surface area (Å²) in [4.78, 5) is 11.8. The molecule has 1 unspecified atom stereocenters. The first-order valence-corrected chi connectivity index (χ1v) is 9.09. The van der Waals surface area contributed by atoms with E-state index in [1.54, 1.807) is 7.11 Å². The minimum absolute atomic E-state index is 0. The fraction of sp³-hybridized carbons (Fsp3) is 0.562. The third-order valence-corrected chi connectivity index (χ3v) is 4.75. The molecular weight excluding hydrogens is 336 g/mol. The van der Waals surface area contributed by atoms with Gasteiger partial charge in [-0.1, -0.05) is 12.1 Å². The average Bonchev–Trinajstić information content (AvgIpc) is 3.29. The maximum absolute atomic E-state index is 11.8. The molecule has 7 heteroatoms. The zero-order chi connectivity index (χ0) is 15.8. The molecule has 1 aromatic carbocycles. The van der Waals surface area contributed by atoms with Crippen LogP contribution in [-0.2, 0) is 26.1 Å². The number of ether oxygens (including phenoxy) is 1. The summed E-state index contributed by atoms with van der Waals surface area (Å²) in [5.74, 6) is 1.72. The molecule has 1 aliphatic carbocycles. The summed E-state index contributed by atoms with van der Waals surface area (Å²) in [7, 11) is 0.657. The highest BCUT2D eigenvalue weighted by molar-refractivity contribution is 7.84. The van der Waals surface area contributed by atoms with Gasteiger partial charge in [0, 0.05) is 35.1 Å². The van der Waals surface area contributed by atoms with Crippen molar-refractivity contribution in [2.75, 3.05) is 37.9 Å². The van der Waals surface area contributed by atoms with Crippen LogP contribution >= 0.6 is 12.4 Å². The minimum atomic E-state index is -0.945. The highest BCUT2D eigenvalue weighted by atomic mass is 35.5. The number of methoxy groups -OCH3 is 1. The molecule has 0 heterocycles. The quantitative estimate of drug-likeness (QED) is 0.669. The summed E-state index contributed by atoms with van der Waals surface area (Å²) < 4.78 is 16.8. The van der Waals surface area contributed by atoms with Crippen molar-refractivity contribution >= 4 is 34.8 Å². The van der Waals surface area contributed by atoms with Crippen molar-refractivity contribution in [2.24, 2.45) is 5.92 Å². The van der Waals surface area contributed by atoms with E-state index in [0.717, 1.165) is 23.7 Å². The largest absolute Gasteiger partial charge is 0.384 e. The van der Waals surface area contributed by atoms with E-state index < -0.39 is 10.8 Å². The maximum atomic E-state index is 11.8. The van der Waals surface area contributed by atoms with Crippen LogP contribution in [0.15, 0.2) is 24.3 Å². The molecule has 130 valence electrons. The first kappa shape index (κ1) is 20.1. The van der Waals surface area contributed by atoms with Crippen LogP contribution in [0.4, 0.5) is 5.69 Å². The highest BCUT2D eigenvalue weighted by Gasteiger charge is 2.20. The topological polar surface area (TPSA) is 67.4 Å². The van der Waals surface area contributed by atoms with Gasteiger partial charge in [0.25, 0.3) is 0 Å². The van der Waals surface area contributed by atoms with Crippen LogP contribution in [0.3, 0.4) is 0 Å². The molecule has 5 nitrogen and oxygen atoms in total. The van der Waals surface area contributed by atoms with E-state index in [1.165, 1.54) is 12.8 Å². The molecule has 0 saturated heterocycles. The molecular formula is C16H25ClN2O3S. The summed E-state index contributed by atoms with van der Waals surface area (Å²) >= 11 is 0. The second-order valence-electron chi connectivity index (χ2n) is 5.60. The molecule has 0 radical (unpaired) electrons. The SMILES string of the molecule is COCCS(=O)Cc1cccc(NC(=O)CNCC2CC2)c1.Cl. The monoisotopic (exact) mass is 360 g/mol. The maximum Gasteiger partial charge on any atom is 0.238 e. The van der Waals surface area contributed by atoms with Gasteiger partial charge < -0.3 is 15.4 Å². The standard InChI is InChI=1S/C16H24N2O3S.ClH/c1-21-7-8-22(20)12-14-3-2-4-15(9-14)18-16(19)11-17-10-13-5-6-13;/h2-4,9,13,17H,5-8,10-12H2,1H3,(H,18,19);1H. The van der Waals surface area contributed by atoms with Crippen LogP contribution in [0.5, 0.6) is 0 Å². The first-order valence-electron chi connectivity index (χ1n) is 7.61. The number of anilines is 1. The Morgan fingerprint density at radius 1 is 1.39 bits per heavy atom. The van der Waals surface area contributed by atoms with Crippen molar-refractivity contribution < 1.29 is 13.7 Å². The smallest absolute Gasteiger partial charge is 0.238 e. The number of nitrogens with one attached hydrogen (secondary N) is 2. The lowest BCUT2D eigenvalue weighted by Crippen LogP contribution is -2.29. The van der Waals surface area contributed by atoms with Gasteiger partial charge in [-0.25, -0.2) is 0 Å². The highest BCUT2D eigenvalue weighted by Crippen LogP contribution is 2.27. The van der Waals surface area contributed by atoms with Crippen LogP contribution in [0.25, 0.3) is 0 Å². The van der Waals surface area contributed by atoms with Gasteiger partial charge in [0.15, 0.2) is 0 Å². The Labute approximate surface area is 146 Å². The van der Waals surface area contributed by atoms with E-state index in [0.29, 0.717) is 24.7 Å². The third kappa shape index (κ3) is 8.46. The third-order valence-electron chi connectivity index (χ3n) is 3.47. The van der Waals surface area contributed by atoms with Crippen LogP contribution < -0.4 is 10.6 Å². The van der Waals surface area contributed by atoms with Crippen LogP contribution in [-0.4, -0.2) is 42.7 Å². The zero-order valence-corrected chi connectivity index (χ0v) is 15.0. The van der Waals surface area contributed by atoms with Gasteiger partial charge in [-0.2, -0.15) is 0 Å². The van der Waals surface area contributed by atoms with E-state index in [9.17, 15) is 9.00 Å². The van der Waals surface area contributed by atoms with E-state index >= 15 is 0 Å². The minimum Gasteiger partial charge on any atom is -0.384 e. The molecule has 1 aromatic rings. The fourth-order valence-electron chi connectivity index (χ4n) is 2.09. The first-order chi connectivity index (χ1) is 10.7. The Balaban J connectivity index is 0.00000264. The summed E-state index contributed by atoms with van der Waals surface area (Å²) in [5, 5.41) is 6.03. The van der Waals surface area contributed by atoms with Gasteiger partial charge in [0.05, 0.1) is 13.2 Å². The van der Waals surface area contributed by atoms with Gasteiger partial charge in [-0.05, 0) is 43.0 Å². The molecule has 0 aliphatic heterocycles. The molecule has 0 spiro atoms. The number of rotatable bonds is 10. The second-order valence-corrected chi connectivity index (χ2v) is 7.18. The van der Waals surface area contributed by atoms with Gasteiger partial charge in [0.1, 0.15) is 0 Å². The van der Waals surface area contributed by atoms with Gasteiger partial charge >= 0.3 is 0 Å². The summed E-state index contributed by atoms with van der Waals surface area (Å²) in [6.45, 7) is 1.75. The summed E-state index contributed by atoms with van der Waals surface area (Å²) in [6.07, 6.45) is 2.55. The Morgan fingerprint density at radius 3 is 2.87 bits per heavy atom. The molecule has 1 atom stereocenters. The Kier molecular flexibility index (Phi) is 9.40. The van der Waals surface area contributed by atoms with Crippen molar-refractivity contribution in [3.63, 3.8) is 0 Å². The number of carbonyl (C=O) groups excluding carboxylic acids is 1. The van der Waals surface area contributed by atoms with E-state index in [1.807, 2.05) is 24.3 Å². The number of amides is 1. The summed E-state index contributed by atoms with van der Waals surface area (Å²) in [5.41, 5.74) is 1.71. The molecule has 2 rings (SSSR count). The number of hydrogen-bond donors (Lipinski definition) is 2. The molecule has 0 aromatic heterocycles. The van der Waals surface area contributed by atoms with Crippen LogP contribution in [0.2, 0.25) is 0 Å². The number of carbonyl (C=O) groups is 1. The lowest BCUT2D eigenvalue weighted by Gasteiger charge is -2.08. The van der Waals surface area contributed by atoms with Gasteiger partial charge in [0.2, 0.25) is 5.91 Å². The van der Waals surface area contributed by atoms with Gasteiger partial charge in [-0.3, -0.25) is 9.00 Å². The number of halogens is 1. The van der Waals surface area contributed by atoms with Crippen molar-refractivity contribution in [1.82, 2.24) is 5.32 Å². The number of hydrogen-bond acceptors (Lipinski definition) is 4. The molecule has 1 aliphatic rings. The Morgan fingerprint density at radius 2 is 2.17 bits per heavy atom. The van der Waals surface area contributed by atoms with E-state index in [2.05, 4.69) is 10.6 Å². The van der Waals surface area contributed by atoms with Crippen molar-refractivity contribution in [3.05, 3.63) is 29.8 Å². The molecule has 2 N–H and O–H groups in total. The van der Waals surface area contributed by atoms with E-state index in [-0.39, 0.29) is 18.3 Å². The fourth-order valence-corrected chi connectivity index (χ4v) is 3.14. The predicted molar refractivity (Wildman–Crippen MR) is 96.5 cm³/mol. The average molecular weight is 361 g/mol. The van der Waals surface area contributed by atoms with Crippen molar-refractivity contribution in [1.29, 1.82) is 0 Å². The number of benzene rings is 1. The normalized spacial score (nSPS) is 14.8. The lowest BCUT2D eigenvalue weighted by atomic mass is 10.2. The van der Waals surface area contributed by atoms with E-state index in [4.69, 9.17) is 4.74 Å².